The summed E-state index contributed by atoms with van der Waals surface area (Å²) >= 11 is 0. The van der Waals surface area contributed by atoms with E-state index in [0.717, 1.165) is 28.3 Å². The van der Waals surface area contributed by atoms with Gasteiger partial charge in [-0.25, -0.2) is 4.98 Å². The van der Waals surface area contributed by atoms with Crippen molar-refractivity contribution >= 4 is 5.78 Å². The van der Waals surface area contributed by atoms with Crippen molar-refractivity contribution in [1.29, 1.82) is 0 Å². The molecule has 5 aromatic rings. The monoisotopic (exact) mass is 378 g/mol. The Hall–Kier alpha value is -3.93. The number of fused-ring (bicyclic) bond motifs is 1. The van der Waals surface area contributed by atoms with Crippen molar-refractivity contribution in [1.82, 2.24) is 29.5 Å². The molecule has 0 amide bonds. The molecule has 0 spiro atoms. The van der Waals surface area contributed by atoms with E-state index in [1.54, 1.807) is 12.4 Å². The van der Waals surface area contributed by atoms with Gasteiger partial charge in [-0.2, -0.15) is 0 Å². The summed E-state index contributed by atoms with van der Waals surface area (Å²) in [6.45, 7) is 4.18. The molecule has 0 aliphatic rings. The molecule has 0 atom stereocenters. The third-order valence-electron chi connectivity index (χ3n) is 4.86. The molecule has 6 nitrogen and oxygen atoms in total. The highest BCUT2D eigenvalue weighted by Gasteiger charge is 2.19. The molecular weight excluding hydrogens is 360 g/mol. The van der Waals surface area contributed by atoms with Crippen LogP contribution in [0.1, 0.15) is 11.1 Å². The average Bonchev–Trinajstić information content (AvgIpc) is 3.18. The zero-order chi connectivity index (χ0) is 19.8. The predicted octanol–water partition coefficient (Wildman–Crippen LogP) is 4.53. The van der Waals surface area contributed by atoms with Crippen molar-refractivity contribution in [2.75, 3.05) is 0 Å². The van der Waals surface area contributed by atoms with E-state index in [1.165, 1.54) is 11.1 Å². The summed E-state index contributed by atoms with van der Waals surface area (Å²) in [5.74, 6) is 0.528. The number of benzene rings is 1. The van der Waals surface area contributed by atoms with Crippen LogP contribution in [0.5, 0.6) is 0 Å². The van der Waals surface area contributed by atoms with Gasteiger partial charge in [0.2, 0.25) is 0 Å². The normalized spacial score (nSPS) is 11.1. The quantitative estimate of drug-likeness (QED) is 0.461. The van der Waals surface area contributed by atoms with Crippen LogP contribution in [0.2, 0.25) is 0 Å². The molecule has 140 valence electrons. The van der Waals surface area contributed by atoms with Crippen LogP contribution in [0.3, 0.4) is 0 Å². The zero-order valence-corrected chi connectivity index (χ0v) is 16.1. The Kier molecular flexibility index (Phi) is 4.09. The van der Waals surface area contributed by atoms with Crippen molar-refractivity contribution in [3.8, 4) is 34.0 Å². The van der Waals surface area contributed by atoms with E-state index >= 15 is 0 Å². The maximum Gasteiger partial charge on any atom is 0.254 e. The molecule has 1 aromatic carbocycles. The number of aryl methyl sites for hydroxylation is 2. The molecule has 0 unspecified atom stereocenters. The van der Waals surface area contributed by atoms with Gasteiger partial charge in [0.05, 0.1) is 17.1 Å². The first-order chi connectivity index (χ1) is 14.2. The van der Waals surface area contributed by atoms with Gasteiger partial charge in [-0.15, -0.1) is 10.2 Å². The first-order valence-electron chi connectivity index (χ1n) is 9.37. The van der Waals surface area contributed by atoms with Crippen LogP contribution in [0.4, 0.5) is 0 Å². The highest BCUT2D eigenvalue weighted by atomic mass is 15.2. The first-order valence-corrected chi connectivity index (χ1v) is 9.37. The number of aromatic nitrogens is 6. The summed E-state index contributed by atoms with van der Waals surface area (Å²) in [4.78, 5) is 13.8. The number of hydrogen-bond acceptors (Lipinski definition) is 5. The van der Waals surface area contributed by atoms with E-state index in [2.05, 4.69) is 52.2 Å². The lowest BCUT2D eigenvalue weighted by Crippen LogP contribution is -2.03. The van der Waals surface area contributed by atoms with E-state index in [0.29, 0.717) is 11.5 Å². The van der Waals surface area contributed by atoms with Gasteiger partial charge in [0.15, 0.2) is 0 Å². The second-order valence-corrected chi connectivity index (χ2v) is 6.94. The summed E-state index contributed by atoms with van der Waals surface area (Å²) in [6, 6.07) is 17.9. The van der Waals surface area contributed by atoms with Crippen molar-refractivity contribution in [2.45, 2.75) is 13.8 Å². The second kappa shape index (κ2) is 6.91. The summed E-state index contributed by atoms with van der Waals surface area (Å²) in [7, 11) is 0. The second-order valence-electron chi connectivity index (χ2n) is 6.94. The summed E-state index contributed by atoms with van der Waals surface area (Å²) < 4.78 is 1.95. The van der Waals surface area contributed by atoms with Crippen LogP contribution in [-0.2, 0) is 0 Å². The van der Waals surface area contributed by atoms with Gasteiger partial charge in [0.1, 0.15) is 11.4 Å². The van der Waals surface area contributed by atoms with Gasteiger partial charge in [-0.05, 0) is 43.7 Å². The first kappa shape index (κ1) is 17.2. The lowest BCUT2D eigenvalue weighted by molar-refractivity contribution is 0.967. The van der Waals surface area contributed by atoms with Crippen LogP contribution in [0, 0.1) is 13.8 Å². The molecule has 0 bridgehead atoms. The number of hydrogen-bond donors (Lipinski definition) is 0. The molecule has 0 saturated carbocycles. The van der Waals surface area contributed by atoms with Crippen molar-refractivity contribution in [2.24, 2.45) is 0 Å². The molecule has 0 N–H and O–H groups in total. The van der Waals surface area contributed by atoms with Gasteiger partial charge in [-0.1, -0.05) is 35.9 Å². The summed E-state index contributed by atoms with van der Waals surface area (Å²) in [6.07, 6.45) is 5.52. The van der Waals surface area contributed by atoms with Crippen LogP contribution in [0.15, 0.2) is 73.2 Å². The third-order valence-corrected chi connectivity index (χ3v) is 4.86. The largest absolute Gasteiger partial charge is 0.278 e. The molecule has 4 aromatic heterocycles. The van der Waals surface area contributed by atoms with E-state index in [4.69, 9.17) is 4.98 Å². The molecule has 0 saturated heterocycles. The Labute approximate surface area is 168 Å². The highest BCUT2D eigenvalue weighted by Crippen LogP contribution is 2.30. The molecule has 0 fully saturated rings. The fraction of sp³-hybridized carbons (Fsp3) is 0.0870. The van der Waals surface area contributed by atoms with Gasteiger partial charge >= 0.3 is 0 Å². The minimum absolute atomic E-state index is 0.528. The van der Waals surface area contributed by atoms with Crippen LogP contribution >= 0.6 is 0 Å². The Morgan fingerprint density at radius 2 is 1.52 bits per heavy atom. The van der Waals surface area contributed by atoms with Gasteiger partial charge in [0.25, 0.3) is 5.78 Å². The number of pyridine rings is 2. The van der Waals surface area contributed by atoms with Crippen molar-refractivity contribution in [3.05, 3.63) is 84.3 Å². The molecule has 0 aliphatic heterocycles. The molecule has 29 heavy (non-hydrogen) atoms. The number of imidazole rings is 1. The molecule has 0 aliphatic carbocycles. The average molecular weight is 378 g/mol. The smallest absolute Gasteiger partial charge is 0.254 e. The minimum Gasteiger partial charge on any atom is -0.278 e. The highest BCUT2D eigenvalue weighted by molar-refractivity contribution is 5.77. The lowest BCUT2D eigenvalue weighted by Gasteiger charge is -2.09. The SMILES string of the molecule is Cc1ccc(-c2cn3c(-c4ccccn4)c(-c4ccccn4)nnc3n2)c(C)c1. The Morgan fingerprint density at radius 3 is 2.21 bits per heavy atom. The van der Waals surface area contributed by atoms with Crippen LogP contribution < -0.4 is 0 Å². The maximum absolute atomic E-state index is 4.74. The van der Waals surface area contributed by atoms with Crippen molar-refractivity contribution < 1.29 is 0 Å². The van der Waals surface area contributed by atoms with Crippen molar-refractivity contribution in [3.63, 3.8) is 0 Å². The Balaban J connectivity index is 1.80. The topological polar surface area (TPSA) is 68.9 Å². The van der Waals surface area contributed by atoms with Crippen LogP contribution in [-0.4, -0.2) is 29.5 Å². The zero-order valence-electron chi connectivity index (χ0n) is 16.1. The minimum atomic E-state index is 0.528. The third kappa shape index (κ3) is 3.04. The fourth-order valence-electron chi connectivity index (χ4n) is 3.52. The van der Waals surface area contributed by atoms with Crippen LogP contribution in [0.25, 0.3) is 39.8 Å². The van der Waals surface area contributed by atoms with E-state index < -0.39 is 0 Å². The number of rotatable bonds is 3. The number of nitrogens with zero attached hydrogens (tertiary/aromatic N) is 6. The van der Waals surface area contributed by atoms with Gasteiger partial charge < -0.3 is 0 Å². The van der Waals surface area contributed by atoms with Gasteiger partial charge in [0, 0.05) is 24.2 Å². The lowest BCUT2D eigenvalue weighted by atomic mass is 10.0. The van der Waals surface area contributed by atoms with Gasteiger partial charge in [-0.3, -0.25) is 14.4 Å². The predicted molar refractivity (Wildman–Crippen MR) is 112 cm³/mol. The molecule has 4 heterocycles. The molecule has 5 rings (SSSR count). The Bertz CT molecular complexity index is 1310. The molecule has 6 heteroatoms. The van der Waals surface area contributed by atoms with E-state index in [1.807, 2.05) is 47.0 Å². The standard InChI is InChI=1S/C23H18N6/c1-15-9-10-17(16(2)13-15)20-14-29-22(19-8-4-6-12-25-19)21(27-28-23(29)26-20)18-7-3-5-11-24-18/h3-14H,1-2H3. The summed E-state index contributed by atoms with van der Waals surface area (Å²) in [5.41, 5.74) is 7.34. The maximum atomic E-state index is 4.74. The molecular formula is C23H18N6. The fourth-order valence-corrected chi connectivity index (χ4v) is 3.52. The van der Waals surface area contributed by atoms with E-state index in [9.17, 15) is 0 Å². The Morgan fingerprint density at radius 1 is 0.759 bits per heavy atom. The summed E-state index contributed by atoms with van der Waals surface area (Å²) in [5, 5.41) is 8.83. The van der Waals surface area contributed by atoms with E-state index in [-0.39, 0.29) is 0 Å². The molecule has 0 radical (unpaired) electrons.